The minimum absolute atomic E-state index is 0.233. The molecule has 0 aliphatic carbocycles. The van der Waals surface area contributed by atoms with Crippen molar-refractivity contribution in [1.82, 2.24) is 9.38 Å². The lowest BCUT2D eigenvalue weighted by molar-refractivity contribution is -0.117. The molecule has 0 atom stereocenters. The molecule has 0 aliphatic rings. The van der Waals surface area contributed by atoms with Crippen molar-refractivity contribution in [3.05, 3.63) is 59.4 Å². The highest BCUT2D eigenvalue weighted by molar-refractivity contribution is 6.30. The number of hydrogen-bond acceptors (Lipinski definition) is 2. The number of imidazole rings is 1. The summed E-state index contributed by atoms with van der Waals surface area (Å²) in [4.78, 5) is 15.3. The highest BCUT2D eigenvalue weighted by Crippen LogP contribution is 2.23. The van der Waals surface area contributed by atoms with Crippen LogP contribution in [-0.4, -0.2) is 15.3 Å². The van der Waals surface area contributed by atoms with Crippen LogP contribution in [0.3, 0.4) is 0 Å². The molecule has 0 bridgehead atoms. The second kappa shape index (κ2) is 4.98. The standard InChI is InChI=1S/C15H12ClN3O/c16-12-4-5-19-13(9-18-15(19)8-12)11-3-1-2-10(6-11)7-14(17)20/h1-6,8-9H,7H2,(H2,17,20). The molecule has 0 spiro atoms. The lowest BCUT2D eigenvalue weighted by Gasteiger charge is -2.04. The average Bonchev–Trinajstić information content (AvgIpc) is 2.81. The zero-order valence-corrected chi connectivity index (χ0v) is 11.3. The van der Waals surface area contributed by atoms with E-state index < -0.39 is 0 Å². The number of hydrogen-bond donors (Lipinski definition) is 1. The molecule has 5 heteroatoms. The van der Waals surface area contributed by atoms with Crippen molar-refractivity contribution < 1.29 is 4.79 Å². The van der Waals surface area contributed by atoms with Crippen LogP contribution >= 0.6 is 11.6 Å². The summed E-state index contributed by atoms with van der Waals surface area (Å²) < 4.78 is 1.95. The first-order valence-corrected chi connectivity index (χ1v) is 6.51. The summed E-state index contributed by atoms with van der Waals surface area (Å²) in [5.74, 6) is -0.341. The molecule has 2 heterocycles. The van der Waals surface area contributed by atoms with E-state index in [-0.39, 0.29) is 12.3 Å². The number of aromatic nitrogens is 2. The molecule has 0 saturated heterocycles. The van der Waals surface area contributed by atoms with Gasteiger partial charge in [-0.15, -0.1) is 0 Å². The molecule has 2 aromatic heterocycles. The SMILES string of the molecule is NC(=O)Cc1cccc(-c2cnc3cc(Cl)ccn23)c1. The molecule has 0 radical (unpaired) electrons. The molecule has 0 saturated carbocycles. The Balaban J connectivity index is 2.09. The third-order valence-corrected chi connectivity index (χ3v) is 3.31. The lowest BCUT2D eigenvalue weighted by atomic mass is 10.1. The first-order chi connectivity index (χ1) is 9.63. The zero-order valence-electron chi connectivity index (χ0n) is 10.6. The van der Waals surface area contributed by atoms with Crippen LogP contribution in [-0.2, 0) is 11.2 Å². The number of fused-ring (bicyclic) bond motifs is 1. The van der Waals surface area contributed by atoms with Crippen molar-refractivity contribution in [3.63, 3.8) is 0 Å². The van der Waals surface area contributed by atoms with E-state index in [4.69, 9.17) is 17.3 Å². The van der Waals surface area contributed by atoms with E-state index in [1.807, 2.05) is 40.9 Å². The number of carbonyl (C=O) groups excluding carboxylic acids is 1. The summed E-state index contributed by atoms with van der Waals surface area (Å²) in [5.41, 5.74) is 8.83. The van der Waals surface area contributed by atoms with Gasteiger partial charge in [0.05, 0.1) is 18.3 Å². The largest absolute Gasteiger partial charge is 0.369 e. The van der Waals surface area contributed by atoms with Gasteiger partial charge in [0, 0.05) is 22.8 Å². The molecule has 4 nitrogen and oxygen atoms in total. The molecule has 1 amide bonds. The molecule has 0 unspecified atom stereocenters. The maximum atomic E-state index is 11.0. The van der Waals surface area contributed by atoms with Crippen molar-refractivity contribution in [2.45, 2.75) is 6.42 Å². The van der Waals surface area contributed by atoms with Crippen molar-refractivity contribution in [3.8, 4) is 11.3 Å². The topological polar surface area (TPSA) is 60.4 Å². The maximum absolute atomic E-state index is 11.0. The minimum Gasteiger partial charge on any atom is -0.369 e. The number of halogens is 1. The number of primary amides is 1. The molecule has 3 rings (SSSR count). The quantitative estimate of drug-likeness (QED) is 0.804. The van der Waals surface area contributed by atoms with E-state index in [2.05, 4.69) is 4.98 Å². The van der Waals surface area contributed by atoms with Gasteiger partial charge in [-0.2, -0.15) is 0 Å². The Morgan fingerprint density at radius 3 is 2.95 bits per heavy atom. The van der Waals surface area contributed by atoms with Crippen LogP contribution in [0, 0.1) is 0 Å². The normalized spacial score (nSPS) is 10.8. The monoisotopic (exact) mass is 285 g/mol. The van der Waals surface area contributed by atoms with Crippen LogP contribution < -0.4 is 5.73 Å². The number of rotatable bonds is 3. The van der Waals surface area contributed by atoms with Gasteiger partial charge in [-0.25, -0.2) is 4.98 Å². The summed E-state index contributed by atoms with van der Waals surface area (Å²) in [6, 6.07) is 11.3. The summed E-state index contributed by atoms with van der Waals surface area (Å²) in [7, 11) is 0. The Hall–Kier alpha value is -2.33. The van der Waals surface area contributed by atoms with Gasteiger partial charge in [0.25, 0.3) is 0 Å². The average molecular weight is 286 g/mol. The summed E-state index contributed by atoms with van der Waals surface area (Å²) >= 11 is 5.95. The Kier molecular flexibility index (Phi) is 3.16. The highest BCUT2D eigenvalue weighted by Gasteiger charge is 2.07. The van der Waals surface area contributed by atoms with Crippen molar-refractivity contribution >= 4 is 23.2 Å². The van der Waals surface area contributed by atoms with Gasteiger partial charge in [0.2, 0.25) is 5.91 Å². The van der Waals surface area contributed by atoms with Gasteiger partial charge in [0.1, 0.15) is 5.65 Å². The van der Waals surface area contributed by atoms with Crippen LogP contribution in [0.4, 0.5) is 0 Å². The maximum Gasteiger partial charge on any atom is 0.221 e. The fraction of sp³-hybridized carbons (Fsp3) is 0.0667. The predicted molar refractivity (Wildman–Crippen MR) is 78.5 cm³/mol. The predicted octanol–water partition coefficient (Wildman–Crippen LogP) is 2.68. The minimum atomic E-state index is -0.341. The molecule has 20 heavy (non-hydrogen) atoms. The third kappa shape index (κ3) is 2.38. The fourth-order valence-electron chi connectivity index (χ4n) is 2.21. The second-order valence-electron chi connectivity index (χ2n) is 4.56. The summed E-state index contributed by atoms with van der Waals surface area (Å²) in [6.45, 7) is 0. The Labute approximate surface area is 120 Å². The fourth-order valence-corrected chi connectivity index (χ4v) is 2.37. The molecule has 3 aromatic rings. The van der Waals surface area contributed by atoms with Gasteiger partial charge < -0.3 is 5.73 Å². The Morgan fingerprint density at radius 1 is 1.30 bits per heavy atom. The van der Waals surface area contributed by atoms with Crippen LogP contribution in [0.1, 0.15) is 5.56 Å². The number of benzene rings is 1. The van der Waals surface area contributed by atoms with Gasteiger partial charge in [0.15, 0.2) is 0 Å². The first-order valence-electron chi connectivity index (χ1n) is 6.14. The number of nitrogens with zero attached hydrogens (tertiary/aromatic N) is 2. The van der Waals surface area contributed by atoms with Crippen molar-refractivity contribution in [2.24, 2.45) is 5.73 Å². The molecule has 0 aliphatic heterocycles. The first kappa shape index (κ1) is 12.7. The van der Waals surface area contributed by atoms with E-state index in [9.17, 15) is 4.79 Å². The molecule has 100 valence electrons. The van der Waals surface area contributed by atoms with E-state index in [0.717, 1.165) is 22.5 Å². The number of carbonyl (C=O) groups is 1. The lowest BCUT2D eigenvalue weighted by Crippen LogP contribution is -2.13. The molecule has 2 N–H and O–H groups in total. The van der Waals surface area contributed by atoms with Gasteiger partial charge >= 0.3 is 0 Å². The van der Waals surface area contributed by atoms with E-state index in [0.29, 0.717) is 5.02 Å². The summed E-state index contributed by atoms with van der Waals surface area (Å²) in [6.07, 6.45) is 3.90. The number of pyridine rings is 1. The van der Waals surface area contributed by atoms with Crippen molar-refractivity contribution in [1.29, 1.82) is 0 Å². The highest BCUT2D eigenvalue weighted by atomic mass is 35.5. The Morgan fingerprint density at radius 2 is 2.15 bits per heavy atom. The van der Waals surface area contributed by atoms with E-state index in [1.165, 1.54) is 0 Å². The molecule has 0 fully saturated rings. The van der Waals surface area contributed by atoms with E-state index in [1.54, 1.807) is 12.3 Å². The number of nitrogens with two attached hydrogens (primary N) is 1. The van der Waals surface area contributed by atoms with E-state index >= 15 is 0 Å². The number of amides is 1. The summed E-state index contributed by atoms with van der Waals surface area (Å²) in [5, 5.41) is 0.650. The molecule has 1 aromatic carbocycles. The molecular weight excluding hydrogens is 274 g/mol. The van der Waals surface area contributed by atoms with Gasteiger partial charge in [-0.1, -0.05) is 29.8 Å². The van der Waals surface area contributed by atoms with Crippen LogP contribution in [0.2, 0.25) is 5.02 Å². The van der Waals surface area contributed by atoms with Crippen LogP contribution in [0.15, 0.2) is 48.8 Å². The smallest absolute Gasteiger partial charge is 0.221 e. The van der Waals surface area contributed by atoms with Crippen LogP contribution in [0.5, 0.6) is 0 Å². The molecular formula is C15H12ClN3O. The zero-order chi connectivity index (χ0) is 14.1. The van der Waals surface area contributed by atoms with Gasteiger partial charge in [-0.05, 0) is 17.7 Å². The Bertz CT molecular complexity index is 795. The van der Waals surface area contributed by atoms with Gasteiger partial charge in [-0.3, -0.25) is 9.20 Å². The second-order valence-corrected chi connectivity index (χ2v) is 5.00. The van der Waals surface area contributed by atoms with Crippen molar-refractivity contribution in [2.75, 3.05) is 0 Å². The third-order valence-electron chi connectivity index (χ3n) is 3.08. The van der Waals surface area contributed by atoms with Crippen LogP contribution in [0.25, 0.3) is 16.9 Å².